The van der Waals surface area contributed by atoms with Gasteiger partial charge >= 0.3 is 0 Å². The first kappa shape index (κ1) is 26.4. The Hall–Kier alpha value is -2.65. The molecule has 3 atom stereocenters. The lowest BCUT2D eigenvalue weighted by atomic mass is 9.78. The van der Waals surface area contributed by atoms with Crippen molar-refractivity contribution < 1.29 is 22.5 Å². The zero-order valence-electron chi connectivity index (χ0n) is 21.6. The van der Waals surface area contributed by atoms with Gasteiger partial charge in [-0.1, -0.05) is 50.1 Å². The number of nitrogens with one attached hydrogen (secondary N) is 1. The molecule has 2 aromatic rings. The number of rotatable bonds is 7. The summed E-state index contributed by atoms with van der Waals surface area (Å²) in [6.07, 6.45) is 7.78. The number of hydrogen-bond donors (Lipinski definition) is 1. The van der Waals surface area contributed by atoms with Gasteiger partial charge in [0.25, 0.3) is 0 Å². The lowest BCUT2D eigenvalue weighted by Gasteiger charge is -2.36. The van der Waals surface area contributed by atoms with Gasteiger partial charge in [-0.25, -0.2) is 8.42 Å². The Kier molecular flexibility index (Phi) is 8.20. The Balaban J connectivity index is 1.41. The second-order valence-electron chi connectivity index (χ2n) is 10.1. The van der Waals surface area contributed by atoms with E-state index in [1.165, 1.54) is 10.7 Å². The first-order valence-electron chi connectivity index (χ1n) is 12.8. The van der Waals surface area contributed by atoms with Gasteiger partial charge in [0.1, 0.15) is 11.4 Å². The Morgan fingerprint density at radius 3 is 2.47 bits per heavy atom. The smallest absolute Gasteiger partial charge is 0.248 e. The molecule has 1 aliphatic carbocycles. The van der Waals surface area contributed by atoms with Crippen molar-refractivity contribution in [1.29, 1.82) is 0 Å². The summed E-state index contributed by atoms with van der Waals surface area (Å²) in [6.45, 7) is 6.69. The number of piperidine rings is 1. The largest absolute Gasteiger partial charge is 0.497 e. The lowest BCUT2D eigenvalue weighted by molar-refractivity contribution is -0.127. The Morgan fingerprint density at radius 2 is 1.81 bits per heavy atom. The average Bonchev–Trinajstić information content (AvgIpc) is 3.27. The number of carbonyl (C=O) groups is 1. The van der Waals surface area contributed by atoms with Crippen molar-refractivity contribution in [3.63, 3.8) is 0 Å². The summed E-state index contributed by atoms with van der Waals surface area (Å²) < 4.78 is 39.1. The molecule has 196 valence electrons. The van der Waals surface area contributed by atoms with E-state index in [1.807, 2.05) is 24.3 Å². The second-order valence-corrected chi connectivity index (χ2v) is 12.0. The van der Waals surface area contributed by atoms with Crippen LogP contribution in [0.2, 0.25) is 0 Å². The summed E-state index contributed by atoms with van der Waals surface area (Å²) in [5.74, 6) is 1.90. The summed E-state index contributed by atoms with van der Waals surface area (Å²) in [5.41, 5.74) is 1.20. The van der Waals surface area contributed by atoms with Crippen molar-refractivity contribution in [2.24, 2.45) is 17.8 Å². The van der Waals surface area contributed by atoms with Crippen LogP contribution in [0.25, 0.3) is 12.2 Å². The monoisotopic (exact) mass is 515 g/mol. The van der Waals surface area contributed by atoms with Crippen LogP contribution in [0, 0.1) is 24.7 Å². The number of aryl methyl sites for hydroxylation is 1. The van der Waals surface area contributed by atoms with Crippen LogP contribution in [0.5, 0.6) is 5.75 Å². The van der Waals surface area contributed by atoms with E-state index in [9.17, 15) is 13.2 Å². The van der Waals surface area contributed by atoms with Gasteiger partial charge in [0.2, 0.25) is 15.9 Å². The van der Waals surface area contributed by atoms with E-state index in [0.29, 0.717) is 43.5 Å². The number of nitrogens with zero attached hydrogens (tertiary/aromatic N) is 2. The molecule has 1 saturated heterocycles. The van der Waals surface area contributed by atoms with Crippen LogP contribution in [0.1, 0.15) is 63.0 Å². The standard InChI is InChI=1S/C27H37N3O5S/c1-18-6-5-7-24(19(18)2)28-27(31)22-14-16-30(17-15-22)36(32,33)26-20(3)29-35-25(26)13-10-21-8-11-23(34-4)12-9-21/h8-13,18-19,22,24H,5-7,14-17H2,1-4H3,(H,28,31)/b13-10-/t18-,19-,24-/m1/s1. The van der Waals surface area contributed by atoms with Crippen LogP contribution in [0.4, 0.5) is 0 Å². The van der Waals surface area contributed by atoms with Crippen molar-refractivity contribution in [2.45, 2.75) is 63.8 Å². The van der Waals surface area contributed by atoms with Crippen molar-refractivity contribution in [2.75, 3.05) is 20.2 Å². The fourth-order valence-electron chi connectivity index (χ4n) is 5.26. The maximum atomic E-state index is 13.5. The maximum Gasteiger partial charge on any atom is 0.248 e. The van der Waals surface area contributed by atoms with E-state index in [0.717, 1.165) is 24.2 Å². The van der Waals surface area contributed by atoms with Gasteiger partial charge < -0.3 is 14.6 Å². The van der Waals surface area contributed by atoms with Crippen molar-refractivity contribution in [1.82, 2.24) is 14.8 Å². The van der Waals surface area contributed by atoms with Crippen molar-refractivity contribution in [3.8, 4) is 5.75 Å². The normalized spacial score (nSPS) is 24.2. The second kappa shape index (κ2) is 11.2. The highest BCUT2D eigenvalue weighted by atomic mass is 32.2. The van der Waals surface area contributed by atoms with Gasteiger partial charge in [0.15, 0.2) is 10.7 Å². The number of methoxy groups -OCH3 is 1. The van der Waals surface area contributed by atoms with E-state index in [4.69, 9.17) is 9.26 Å². The molecule has 2 fully saturated rings. The summed E-state index contributed by atoms with van der Waals surface area (Å²) in [5, 5.41) is 7.18. The SMILES string of the molecule is COc1ccc(/C=C\c2onc(C)c2S(=O)(=O)N2CCC(C(=O)N[C@@H]3CCC[C@@H](C)[C@H]3C)CC2)cc1. The van der Waals surface area contributed by atoms with Crippen LogP contribution < -0.4 is 10.1 Å². The molecule has 0 radical (unpaired) electrons. The quantitative estimate of drug-likeness (QED) is 0.582. The highest BCUT2D eigenvalue weighted by Crippen LogP contribution is 2.32. The van der Waals surface area contributed by atoms with Crippen LogP contribution in [-0.2, 0) is 14.8 Å². The number of benzene rings is 1. The summed E-state index contributed by atoms with van der Waals surface area (Å²) >= 11 is 0. The zero-order chi connectivity index (χ0) is 25.9. The number of sulfonamides is 1. The molecule has 2 heterocycles. The number of amides is 1. The molecule has 2 aliphatic rings. The highest BCUT2D eigenvalue weighted by molar-refractivity contribution is 7.89. The topological polar surface area (TPSA) is 102 Å². The molecule has 0 spiro atoms. The van der Waals surface area contributed by atoms with Crippen LogP contribution in [0.3, 0.4) is 0 Å². The highest BCUT2D eigenvalue weighted by Gasteiger charge is 2.37. The third kappa shape index (κ3) is 5.67. The first-order chi connectivity index (χ1) is 17.2. The minimum absolute atomic E-state index is 0.0577. The van der Waals surface area contributed by atoms with Gasteiger partial charge in [0.05, 0.1) is 7.11 Å². The van der Waals surface area contributed by atoms with Crippen LogP contribution in [0.15, 0.2) is 33.7 Å². The Labute approximate surface area is 214 Å². The average molecular weight is 516 g/mol. The number of hydrogen-bond acceptors (Lipinski definition) is 6. The van der Waals surface area contributed by atoms with E-state index >= 15 is 0 Å². The van der Waals surface area contributed by atoms with Crippen LogP contribution >= 0.6 is 0 Å². The number of aromatic nitrogens is 1. The zero-order valence-corrected chi connectivity index (χ0v) is 22.4. The van der Waals surface area contributed by atoms with E-state index < -0.39 is 10.0 Å². The minimum atomic E-state index is -3.81. The molecule has 0 unspecified atom stereocenters. The Morgan fingerprint density at radius 1 is 1.11 bits per heavy atom. The summed E-state index contributed by atoms with van der Waals surface area (Å²) in [7, 11) is -2.21. The maximum absolute atomic E-state index is 13.5. The van der Waals surface area contributed by atoms with E-state index in [-0.39, 0.29) is 28.5 Å². The fourth-order valence-corrected chi connectivity index (χ4v) is 6.98. The first-order valence-corrected chi connectivity index (χ1v) is 14.2. The predicted molar refractivity (Wildman–Crippen MR) is 139 cm³/mol. The Bertz CT molecular complexity index is 1180. The predicted octanol–water partition coefficient (Wildman–Crippen LogP) is 4.50. The molecular formula is C27H37N3O5S. The van der Waals surface area contributed by atoms with Gasteiger partial charge in [-0.2, -0.15) is 4.31 Å². The molecule has 1 N–H and O–H groups in total. The van der Waals surface area contributed by atoms with Gasteiger partial charge in [-0.05, 0) is 61.8 Å². The number of carbonyl (C=O) groups excluding carboxylic acids is 1. The fraction of sp³-hybridized carbons (Fsp3) is 0.556. The van der Waals surface area contributed by atoms with Crippen molar-refractivity contribution in [3.05, 3.63) is 41.3 Å². The molecule has 1 aromatic carbocycles. The third-order valence-corrected chi connectivity index (χ3v) is 9.89. The molecule has 36 heavy (non-hydrogen) atoms. The van der Waals surface area contributed by atoms with Crippen LogP contribution in [-0.4, -0.2) is 50.0 Å². The van der Waals surface area contributed by atoms with Gasteiger partial charge in [-0.3, -0.25) is 4.79 Å². The minimum Gasteiger partial charge on any atom is -0.497 e. The number of ether oxygens (including phenoxy) is 1. The molecule has 1 saturated carbocycles. The molecule has 1 aliphatic heterocycles. The van der Waals surface area contributed by atoms with E-state index in [1.54, 1.807) is 26.2 Å². The molecule has 9 heteroatoms. The molecule has 4 rings (SSSR count). The third-order valence-electron chi connectivity index (χ3n) is 7.83. The van der Waals surface area contributed by atoms with Gasteiger partial charge in [-0.15, -0.1) is 0 Å². The molecular weight excluding hydrogens is 478 g/mol. The van der Waals surface area contributed by atoms with Gasteiger partial charge in [0, 0.05) is 25.0 Å². The van der Waals surface area contributed by atoms with E-state index in [2.05, 4.69) is 24.3 Å². The molecule has 1 amide bonds. The molecule has 0 bridgehead atoms. The molecule has 1 aromatic heterocycles. The summed E-state index contributed by atoms with van der Waals surface area (Å²) in [6, 6.07) is 7.62. The van der Waals surface area contributed by atoms with Crippen molar-refractivity contribution >= 4 is 28.1 Å². The lowest BCUT2D eigenvalue weighted by Crippen LogP contribution is -2.48. The summed E-state index contributed by atoms with van der Waals surface area (Å²) in [4.78, 5) is 13.0. The molecule has 8 nitrogen and oxygen atoms in total.